The van der Waals surface area contributed by atoms with Gasteiger partial charge in [0, 0.05) is 22.6 Å². The van der Waals surface area contributed by atoms with E-state index in [1.807, 2.05) is 68.4 Å². The molecule has 3 aromatic carbocycles. The standard InChI is InChI=1S/C26H25ClN2O3/c1-3-30-20-10-5-17(6-11-20)23-16-24-22-15-19(27)9-14-25(22)32-26(29(24)28-23)18-7-12-21(13-8-18)31-4-2/h5-15,24,26H,3-4,16H2,1-2H3. The van der Waals surface area contributed by atoms with Crippen molar-refractivity contribution >= 4 is 17.3 Å². The Balaban J connectivity index is 1.51. The van der Waals surface area contributed by atoms with Crippen molar-refractivity contribution in [2.24, 2.45) is 5.10 Å². The smallest absolute Gasteiger partial charge is 0.213 e. The van der Waals surface area contributed by atoms with E-state index in [1.54, 1.807) is 0 Å². The third kappa shape index (κ3) is 3.89. The Kier molecular flexibility index (Phi) is 5.66. The fourth-order valence-corrected chi connectivity index (χ4v) is 4.44. The molecule has 2 unspecified atom stereocenters. The zero-order chi connectivity index (χ0) is 22.1. The lowest BCUT2D eigenvalue weighted by Gasteiger charge is -2.38. The molecule has 3 aromatic rings. The molecule has 2 atom stereocenters. The van der Waals surface area contributed by atoms with Crippen LogP contribution in [-0.4, -0.2) is 23.9 Å². The summed E-state index contributed by atoms with van der Waals surface area (Å²) >= 11 is 6.33. The van der Waals surface area contributed by atoms with Crippen LogP contribution in [0.1, 0.15) is 49.2 Å². The minimum Gasteiger partial charge on any atom is -0.494 e. The number of hydrogen-bond acceptors (Lipinski definition) is 5. The Morgan fingerprint density at radius 2 is 1.59 bits per heavy atom. The minimum absolute atomic E-state index is 0.0515. The van der Waals surface area contributed by atoms with Gasteiger partial charge in [-0.15, -0.1) is 0 Å². The van der Waals surface area contributed by atoms with E-state index in [0.717, 1.165) is 46.1 Å². The molecule has 0 bridgehead atoms. The summed E-state index contributed by atoms with van der Waals surface area (Å²) in [5.74, 6) is 2.55. The first-order valence-electron chi connectivity index (χ1n) is 10.9. The Hall–Kier alpha value is -3.18. The van der Waals surface area contributed by atoms with Crippen LogP contribution in [0.4, 0.5) is 0 Å². The van der Waals surface area contributed by atoms with Gasteiger partial charge < -0.3 is 14.2 Å². The molecule has 2 heterocycles. The second kappa shape index (κ2) is 8.75. The SMILES string of the molecule is CCOc1ccc(C2=NN3C(C2)c2cc(Cl)ccc2OC3c2ccc(OCC)cc2)cc1. The molecule has 0 N–H and O–H groups in total. The molecule has 0 saturated carbocycles. The monoisotopic (exact) mass is 448 g/mol. The van der Waals surface area contributed by atoms with Crippen molar-refractivity contribution in [3.8, 4) is 17.2 Å². The molecule has 0 saturated heterocycles. The summed E-state index contributed by atoms with van der Waals surface area (Å²) in [5.41, 5.74) is 4.18. The minimum atomic E-state index is -0.329. The number of hydrazone groups is 1. The molecule has 2 aliphatic rings. The van der Waals surface area contributed by atoms with Crippen LogP contribution >= 0.6 is 11.6 Å². The van der Waals surface area contributed by atoms with Crippen molar-refractivity contribution in [2.75, 3.05) is 13.2 Å². The third-order valence-electron chi connectivity index (χ3n) is 5.73. The van der Waals surface area contributed by atoms with Gasteiger partial charge >= 0.3 is 0 Å². The van der Waals surface area contributed by atoms with Gasteiger partial charge in [0.15, 0.2) is 0 Å². The summed E-state index contributed by atoms with van der Waals surface area (Å²) in [5, 5.41) is 7.76. The zero-order valence-electron chi connectivity index (χ0n) is 18.1. The quantitative estimate of drug-likeness (QED) is 0.439. The normalized spacial score (nSPS) is 19.0. The lowest BCUT2D eigenvalue weighted by molar-refractivity contribution is -0.0190. The van der Waals surface area contributed by atoms with Gasteiger partial charge in [-0.1, -0.05) is 11.6 Å². The van der Waals surface area contributed by atoms with Crippen molar-refractivity contribution in [3.05, 3.63) is 88.4 Å². The average molecular weight is 449 g/mol. The number of nitrogens with zero attached hydrogens (tertiary/aromatic N) is 2. The Morgan fingerprint density at radius 1 is 0.938 bits per heavy atom. The van der Waals surface area contributed by atoms with Crippen LogP contribution in [0.3, 0.4) is 0 Å². The molecule has 0 aliphatic carbocycles. The topological polar surface area (TPSA) is 43.3 Å². The molecule has 0 radical (unpaired) electrons. The highest BCUT2D eigenvalue weighted by molar-refractivity contribution is 6.30. The maximum Gasteiger partial charge on any atom is 0.213 e. The van der Waals surface area contributed by atoms with Gasteiger partial charge in [-0.05, 0) is 86.1 Å². The zero-order valence-corrected chi connectivity index (χ0v) is 18.9. The summed E-state index contributed by atoms with van der Waals surface area (Å²) in [6.07, 6.45) is 0.447. The molecule has 32 heavy (non-hydrogen) atoms. The number of halogens is 1. The van der Waals surface area contributed by atoms with Crippen LogP contribution < -0.4 is 14.2 Å². The Bertz CT molecular complexity index is 1130. The number of rotatable bonds is 6. The average Bonchev–Trinajstić information content (AvgIpc) is 3.26. The van der Waals surface area contributed by atoms with E-state index in [0.29, 0.717) is 18.2 Å². The molecule has 164 valence electrons. The van der Waals surface area contributed by atoms with Gasteiger partial charge in [0.25, 0.3) is 0 Å². The van der Waals surface area contributed by atoms with E-state index < -0.39 is 0 Å². The lowest BCUT2D eigenvalue weighted by atomic mass is 9.96. The molecule has 0 amide bonds. The molecule has 2 aliphatic heterocycles. The summed E-state index contributed by atoms with van der Waals surface area (Å²) in [6.45, 7) is 5.24. The largest absolute Gasteiger partial charge is 0.494 e. The highest BCUT2D eigenvalue weighted by Crippen LogP contribution is 2.48. The molecular formula is C26H25ClN2O3. The van der Waals surface area contributed by atoms with Gasteiger partial charge in [-0.3, -0.25) is 0 Å². The maximum atomic E-state index is 6.42. The van der Waals surface area contributed by atoms with Crippen molar-refractivity contribution in [2.45, 2.75) is 32.5 Å². The van der Waals surface area contributed by atoms with Crippen molar-refractivity contribution in [1.29, 1.82) is 0 Å². The lowest BCUT2D eigenvalue weighted by Crippen LogP contribution is -2.33. The number of hydrogen-bond donors (Lipinski definition) is 0. The second-order valence-electron chi connectivity index (χ2n) is 7.76. The van der Waals surface area contributed by atoms with Crippen LogP contribution in [0.25, 0.3) is 0 Å². The first kappa shape index (κ1) is 20.7. The van der Waals surface area contributed by atoms with Gasteiger partial charge in [-0.2, -0.15) is 5.10 Å². The van der Waals surface area contributed by atoms with E-state index in [1.165, 1.54) is 0 Å². The fraction of sp³-hybridized carbons (Fsp3) is 0.269. The predicted octanol–water partition coefficient (Wildman–Crippen LogP) is 6.38. The van der Waals surface area contributed by atoms with E-state index in [9.17, 15) is 0 Å². The first-order chi connectivity index (χ1) is 15.7. The van der Waals surface area contributed by atoms with Gasteiger partial charge in [-0.25, -0.2) is 5.01 Å². The van der Waals surface area contributed by atoms with Gasteiger partial charge in [0.2, 0.25) is 6.23 Å². The fourth-order valence-electron chi connectivity index (χ4n) is 4.26. The second-order valence-corrected chi connectivity index (χ2v) is 8.19. The predicted molar refractivity (Wildman–Crippen MR) is 126 cm³/mol. The molecule has 0 fully saturated rings. The third-order valence-corrected chi connectivity index (χ3v) is 5.96. The van der Waals surface area contributed by atoms with Crippen LogP contribution in [0.5, 0.6) is 17.2 Å². The van der Waals surface area contributed by atoms with Crippen LogP contribution in [-0.2, 0) is 0 Å². The highest BCUT2D eigenvalue weighted by atomic mass is 35.5. The van der Waals surface area contributed by atoms with Gasteiger partial charge in [0.1, 0.15) is 17.2 Å². The molecule has 5 rings (SSSR count). The van der Waals surface area contributed by atoms with E-state index in [2.05, 4.69) is 17.1 Å². The van der Waals surface area contributed by atoms with Crippen LogP contribution in [0.2, 0.25) is 5.02 Å². The van der Waals surface area contributed by atoms with Crippen molar-refractivity contribution in [1.82, 2.24) is 5.01 Å². The summed E-state index contributed by atoms with van der Waals surface area (Å²) in [6, 6.07) is 22.0. The first-order valence-corrected chi connectivity index (χ1v) is 11.3. The molecular weight excluding hydrogens is 424 g/mol. The molecule has 0 spiro atoms. The number of fused-ring (bicyclic) bond motifs is 3. The van der Waals surface area contributed by atoms with E-state index in [4.69, 9.17) is 30.9 Å². The van der Waals surface area contributed by atoms with E-state index in [-0.39, 0.29) is 12.3 Å². The Morgan fingerprint density at radius 3 is 2.25 bits per heavy atom. The maximum absolute atomic E-state index is 6.42. The highest BCUT2D eigenvalue weighted by Gasteiger charge is 2.41. The van der Waals surface area contributed by atoms with E-state index >= 15 is 0 Å². The van der Waals surface area contributed by atoms with Crippen LogP contribution in [0, 0.1) is 0 Å². The summed E-state index contributed by atoms with van der Waals surface area (Å²) < 4.78 is 17.6. The molecule has 5 nitrogen and oxygen atoms in total. The number of benzene rings is 3. The van der Waals surface area contributed by atoms with Gasteiger partial charge in [0.05, 0.1) is 25.0 Å². The molecule has 6 heteroatoms. The summed E-state index contributed by atoms with van der Waals surface area (Å²) in [4.78, 5) is 0. The summed E-state index contributed by atoms with van der Waals surface area (Å²) in [7, 11) is 0. The van der Waals surface area contributed by atoms with Crippen molar-refractivity contribution < 1.29 is 14.2 Å². The van der Waals surface area contributed by atoms with Crippen LogP contribution in [0.15, 0.2) is 71.8 Å². The Labute approximate surface area is 193 Å². The number of ether oxygens (including phenoxy) is 3. The molecule has 0 aromatic heterocycles. The van der Waals surface area contributed by atoms with Crippen molar-refractivity contribution in [3.63, 3.8) is 0 Å².